The van der Waals surface area contributed by atoms with Crippen LogP contribution in [0.15, 0.2) is 53.3 Å². The lowest BCUT2D eigenvalue weighted by Gasteiger charge is -2.30. The average Bonchev–Trinajstić information content (AvgIpc) is 3.47. The lowest BCUT2D eigenvalue weighted by molar-refractivity contribution is -0.152. The molecule has 1 spiro atoms. The number of carbonyl (C=O) groups excluding carboxylic acids is 3. The van der Waals surface area contributed by atoms with E-state index in [1.165, 1.54) is 11.5 Å². The molecule has 38 heavy (non-hydrogen) atoms. The lowest BCUT2D eigenvalue weighted by Crippen LogP contribution is -2.49. The number of nitrogens with zero attached hydrogens (tertiary/aromatic N) is 3. The summed E-state index contributed by atoms with van der Waals surface area (Å²) < 4.78 is 13.1. The Morgan fingerprint density at radius 2 is 1.84 bits per heavy atom. The minimum Gasteiger partial charge on any atom is -0.454 e. The van der Waals surface area contributed by atoms with Gasteiger partial charge in [0.15, 0.2) is 17.5 Å². The second-order valence-electron chi connectivity index (χ2n) is 10.5. The molecule has 3 aliphatic heterocycles. The van der Waals surface area contributed by atoms with Gasteiger partial charge in [-0.3, -0.25) is 29.2 Å². The Kier molecular flexibility index (Phi) is 5.43. The highest BCUT2D eigenvalue weighted by Crippen LogP contribution is 2.55. The number of aromatic nitrogens is 2. The third-order valence-corrected chi connectivity index (χ3v) is 7.69. The van der Waals surface area contributed by atoms with Crippen molar-refractivity contribution in [1.29, 1.82) is 0 Å². The molecule has 4 heterocycles. The van der Waals surface area contributed by atoms with E-state index in [0.29, 0.717) is 22.2 Å². The molecule has 0 aliphatic carbocycles. The van der Waals surface area contributed by atoms with Gasteiger partial charge in [-0.05, 0) is 31.0 Å². The molecular formula is C28H28N4O6. The van der Waals surface area contributed by atoms with Gasteiger partial charge >= 0.3 is 11.9 Å². The zero-order chi connectivity index (χ0) is 26.9. The van der Waals surface area contributed by atoms with Crippen molar-refractivity contribution in [2.24, 2.45) is 5.92 Å². The third-order valence-electron chi connectivity index (χ3n) is 7.69. The molecule has 0 radical (unpaired) electrons. The van der Waals surface area contributed by atoms with E-state index in [9.17, 15) is 19.2 Å². The summed E-state index contributed by atoms with van der Waals surface area (Å²) in [6, 6.07) is 12.7. The summed E-state index contributed by atoms with van der Waals surface area (Å²) in [6.45, 7) is 6.78. The van der Waals surface area contributed by atoms with Crippen molar-refractivity contribution in [2.75, 3.05) is 4.90 Å². The predicted molar refractivity (Wildman–Crippen MR) is 137 cm³/mol. The average molecular weight is 517 g/mol. The normalized spacial score (nSPS) is 26.7. The molecular weight excluding hydrogens is 488 g/mol. The van der Waals surface area contributed by atoms with E-state index in [1.807, 2.05) is 38.1 Å². The monoisotopic (exact) mass is 516 g/mol. The van der Waals surface area contributed by atoms with Crippen molar-refractivity contribution < 1.29 is 23.9 Å². The van der Waals surface area contributed by atoms with Crippen LogP contribution in [0.2, 0.25) is 0 Å². The van der Waals surface area contributed by atoms with E-state index in [-0.39, 0.29) is 24.1 Å². The lowest BCUT2D eigenvalue weighted by atomic mass is 9.88. The third kappa shape index (κ3) is 3.32. The quantitative estimate of drug-likeness (QED) is 0.526. The first-order chi connectivity index (χ1) is 18.1. The second-order valence-corrected chi connectivity index (χ2v) is 10.5. The Hall–Kier alpha value is -4.05. The number of fused-ring (bicyclic) bond motifs is 6. The van der Waals surface area contributed by atoms with Crippen LogP contribution in [0.4, 0.5) is 5.69 Å². The van der Waals surface area contributed by atoms with Gasteiger partial charge in [-0.15, -0.1) is 0 Å². The summed E-state index contributed by atoms with van der Waals surface area (Å²) in [5.41, 5.74) is 0.205. The highest BCUT2D eigenvalue weighted by molar-refractivity contribution is 6.03. The molecule has 3 aromatic rings. The van der Waals surface area contributed by atoms with Crippen molar-refractivity contribution in [2.45, 2.75) is 64.1 Å². The van der Waals surface area contributed by atoms with Gasteiger partial charge in [0.2, 0.25) is 5.91 Å². The number of carbonyl (C=O) groups is 3. The predicted octanol–water partition coefficient (Wildman–Crippen LogP) is 2.70. The molecule has 10 nitrogen and oxygen atoms in total. The minimum absolute atomic E-state index is 0.0921. The van der Waals surface area contributed by atoms with Gasteiger partial charge in [-0.25, -0.2) is 9.78 Å². The number of rotatable bonds is 4. The SMILES string of the molecule is CC(=O)O[C@H](c1nc2ccccc2c(=O)n1[C@H]1C[C@@]2(OC1=O)c1ccccc1N1C(=O)[C@H](C)N[C@H]12)C(C)C. The Morgan fingerprint density at radius 1 is 1.13 bits per heavy atom. The van der Waals surface area contributed by atoms with E-state index < -0.39 is 47.5 Å². The smallest absolute Gasteiger partial charge is 0.330 e. The molecule has 196 valence electrons. The zero-order valence-electron chi connectivity index (χ0n) is 21.5. The number of benzene rings is 2. The van der Waals surface area contributed by atoms with Gasteiger partial charge in [-0.1, -0.05) is 44.2 Å². The number of para-hydroxylation sites is 2. The van der Waals surface area contributed by atoms with Crippen LogP contribution in [-0.4, -0.2) is 39.6 Å². The molecule has 3 aliphatic rings. The summed E-state index contributed by atoms with van der Waals surface area (Å²) in [5.74, 6) is -1.29. The van der Waals surface area contributed by atoms with E-state index in [2.05, 4.69) is 5.32 Å². The summed E-state index contributed by atoms with van der Waals surface area (Å²) in [4.78, 5) is 59.1. The van der Waals surface area contributed by atoms with Gasteiger partial charge in [0, 0.05) is 18.9 Å². The Labute approximate surface area is 218 Å². The van der Waals surface area contributed by atoms with Crippen LogP contribution in [0.1, 0.15) is 57.6 Å². The maximum absolute atomic E-state index is 14.0. The summed E-state index contributed by atoms with van der Waals surface area (Å²) in [6.07, 6.45) is -1.39. The van der Waals surface area contributed by atoms with Gasteiger partial charge in [-0.2, -0.15) is 0 Å². The number of ether oxygens (including phenoxy) is 2. The number of nitrogens with one attached hydrogen (secondary N) is 1. The van der Waals surface area contributed by atoms with Crippen LogP contribution < -0.4 is 15.8 Å². The molecule has 0 saturated carbocycles. The summed E-state index contributed by atoms with van der Waals surface area (Å²) in [5, 5.41) is 3.63. The standard InChI is InChI=1S/C28H28N4O6/c1-14(2)22(37-16(4)33)23-30-19-11-7-5-9-17(19)25(35)31(23)21-13-28(38-26(21)36)18-10-6-8-12-20(18)32-24(34)15(3)29-27(28)32/h5-12,14-15,21-22,27,29H,13H2,1-4H3/t15-,21-,22-,27+,28+/m0/s1. The second kappa shape index (κ2) is 8.49. The molecule has 0 bridgehead atoms. The van der Waals surface area contributed by atoms with Crippen molar-refractivity contribution in [3.05, 3.63) is 70.3 Å². The van der Waals surface area contributed by atoms with Crippen molar-refractivity contribution in [3.63, 3.8) is 0 Å². The van der Waals surface area contributed by atoms with Crippen LogP contribution in [-0.2, 0) is 29.5 Å². The van der Waals surface area contributed by atoms with Crippen molar-refractivity contribution >= 4 is 34.4 Å². The Balaban J connectivity index is 1.55. The molecule has 2 fully saturated rings. The fourth-order valence-electron chi connectivity index (χ4n) is 6.03. The van der Waals surface area contributed by atoms with Crippen LogP contribution in [0.5, 0.6) is 0 Å². The fraction of sp³-hybridized carbons (Fsp3) is 0.393. The van der Waals surface area contributed by atoms with Gasteiger partial charge in [0.25, 0.3) is 5.56 Å². The minimum atomic E-state index is -1.20. The molecule has 1 aromatic heterocycles. The number of amides is 1. The highest BCUT2D eigenvalue weighted by Gasteiger charge is 2.64. The van der Waals surface area contributed by atoms with E-state index in [4.69, 9.17) is 14.5 Å². The number of hydrogen-bond acceptors (Lipinski definition) is 8. The molecule has 1 amide bonds. The van der Waals surface area contributed by atoms with E-state index in [0.717, 1.165) is 0 Å². The molecule has 10 heteroatoms. The van der Waals surface area contributed by atoms with Crippen LogP contribution in [0.25, 0.3) is 10.9 Å². The van der Waals surface area contributed by atoms with Gasteiger partial charge in [0.1, 0.15) is 12.2 Å². The highest BCUT2D eigenvalue weighted by atomic mass is 16.6. The molecule has 5 atom stereocenters. The maximum atomic E-state index is 14.0. The maximum Gasteiger partial charge on any atom is 0.330 e. The molecule has 2 aromatic carbocycles. The van der Waals surface area contributed by atoms with Crippen molar-refractivity contribution in [1.82, 2.24) is 14.9 Å². The zero-order valence-corrected chi connectivity index (χ0v) is 21.5. The largest absolute Gasteiger partial charge is 0.454 e. The molecule has 6 rings (SSSR count). The summed E-state index contributed by atoms with van der Waals surface area (Å²) in [7, 11) is 0. The number of hydrogen-bond donors (Lipinski definition) is 1. The first-order valence-corrected chi connectivity index (χ1v) is 12.7. The first-order valence-electron chi connectivity index (χ1n) is 12.7. The van der Waals surface area contributed by atoms with E-state index in [1.54, 1.807) is 36.1 Å². The van der Waals surface area contributed by atoms with Crippen LogP contribution >= 0.6 is 0 Å². The van der Waals surface area contributed by atoms with Crippen LogP contribution in [0.3, 0.4) is 0 Å². The van der Waals surface area contributed by atoms with Crippen molar-refractivity contribution in [3.8, 4) is 0 Å². The Bertz CT molecular complexity index is 1560. The molecule has 0 unspecified atom stereocenters. The Morgan fingerprint density at radius 3 is 2.58 bits per heavy atom. The number of anilines is 1. The fourth-order valence-corrected chi connectivity index (χ4v) is 6.03. The molecule has 2 saturated heterocycles. The topological polar surface area (TPSA) is 120 Å². The van der Waals surface area contributed by atoms with E-state index >= 15 is 0 Å². The molecule has 1 N–H and O–H groups in total. The van der Waals surface area contributed by atoms with Gasteiger partial charge < -0.3 is 9.47 Å². The first kappa shape index (κ1) is 24.3. The summed E-state index contributed by atoms with van der Waals surface area (Å²) >= 11 is 0. The number of esters is 2. The van der Waals surface area contributed by atoms with Gasteiger partial charge in [0.05, 0.1) is 22.6 Å². The van der Waals surface area contributed by atoms with Crippen LogP contribution in [0, 0.1) is 5.92 Å².